The van der Waals surface area contributed by atoms with Crippen LogP contribution in [0.4, 0.5) is 0 Å². The monoisotopic (exact) mass is 365 g/mol. The summed E-state index contributed by atoms with van der Waals surface area (Å²) in [6.07, 6.45) is 0.432. The zero-order valence-corrected chi connectivity index (χ0v) is 15.2. The van der Waals surface area contributed by atoms with Crippen LogP contribution in [0.5, 0.6) is 0 Å². The van der Waals surface area contributed by atoms with Crippen LogP contribution in [-0.2, 0) is 4.79 Å². The largest absolute Gasteiger partial charge is 0.488 e. The lowest BCUT2D eigenvalue weighted by atomic mass is 9.80. The molecule has 0 aliphatic heterocycles. The Labute approximate surface area is 153 Å². The molecule has 2 aromatic rings. The predicted octanol–water partition coefficient (Wildman–Crippen LogP) is -0.0936. The minimum Gasteiger partial charge on any atom is -0.423 e. The molecule has 2 rings (SSSR count). The molecule has 0 spiro atoms. The van der Waals surface area contributed by atoms with Crippen molar-refractivity contribution >= 4 is 42.0 Å². The highest BCUT2D eigenvalue weighted by molar-refractivity contribution is 6.63. The molecule has 0 atom stereocenters. The zero-order valence-electron chi connectivity index (χ0n) is 14.4. The van der Waals surface area contributed by atoms with Crippen molar-refractivity contribution in [3.63, 3.8) is 0 Å². The third kappa shape index (κ3) is 11.5. The Morgan fingerprint density at radius 2 is 1.36 bits per heavy atom. The second-order valence-electron chi connectivity index (χ2n) is 5.05. The molecule has 25 heavy (non-hydrogen) atoms. The molecule has 0 bridgehead atoms. The quantitative estimate of drug-likeness (QED) is 0.447. The summed E-state index contributed by atoms with van der Waals surface area (Å²) >= 11 is 4.82. The van der Waals surface area contributed by atoms with Gasteiger partial charge in [-0.3, -0.25) is 9.78 Å². The van der Waals surface area contributed by atoms with Gasteiger partial charge in [-0.15, -0.1) is 0 Å². The normalized spacial score (nSPS) is 9.12. The molecular weight excluding hydrogens is 343 g/mol. The van der Waals surface area contributed by atoms with Crippen molar-refractivity contribution in [3.8, 4) is 0 Å². The average molecular weight is 365 g/mol. The van der Waals surface area contributed by atoms with E-state index in [9.17, 15) is 4.79 Å². The van der Waals surface area contributed by atoms with Crippen molar-refractivity contribution in [1.29, 1.82) is 0 Å². The summed E-state index contributed by atoms with van der Waals surface area (Å²) in [6.45, 7) is 5.35. The summed E-state index contributed by atoms with van der Waals surface area (Å²) in [5, 5.41) is 34.5. The Bertz CT molecular complexity index is 621. The Morgan fingerprint density at radius 1 is 0.960 bits per heavy atom. The maximum atomic E-state index is 9.58. The number of carbonyl (C=O) groups is 1. The van der Waals surface area contributed by atoms with Gasteiger partial charge in [0, 0.05) is 17.8 Å². The number of pyridine rings is 1. The van der Waals surface area contributed by atoms with Gasteiger partial charge in [-0.25, -0.2) is 0 Å². The summed E-state index contributed by atoms with van der Waals surface area (Å²) < 4.78 is 0. The first-order valence-corrected chi connectivity index (χ1v) is 7.95. The van der Waals surface area contributed by atoms with Crippen molar-refractivity contribution in [2.45, 2.75) is 27.2 Å². The first-order chi connectivity index (χ1) is 11.7. The lowest BCUT2D eigenvalue weighted by molar-refractivity contribution is -0.111. The number of carbonyl (C=O) groups excluding carboxylic acids is 1. The van der Waals surface area contributed by atoms with Gasteiger partial charge < -0.3 is 20.1 Å². The first kappa shape index (κ1) is 23.3. The van der Waals surface area contributed by atoms with Gasteiger partial charge in [0.25, 0.3) is 0 Å². The highest BCUT2D eigenvalue weighted by atomic mass is 35.5. The molecule has 134 valence electrons. The highest BCUT2D eigenvalue weighted by Crippen LogP contribution is 1.94. The van der Waals surface area contributed by atoms with Crippen molar-refractivity contribution < 1.29 is 24.9 Å². The number of rotatable bonds is 3. The van der Waals surface area contributed by atoms with Crippen LogP contribution in [0.25, 0.3) is 0 Å². The molecule has 4 N–H and O–H groups in total. The van der Waals surface area contributed by atoms with Gasteiger partial charge in [-0.2, -0.15) is 0 Å². The first-order valence-electron chi connectivity index (χ1n) is 7.58. The van der Waals surface area contributed by atoms with E-state index in [1.807, 2.05) is 19.9 Å². The van der Waals surface area contributed by atoms with Crippen molar-refractivity contribution in [3.05, 3.63) is 53.9 Å². The number of hydrogen-bond donors (Lipinski definition) is 4. The van der Waals surface area contributed by atoms with Crippen molar-refractivity contribution in [2.24, 2.45) is 0 Å². The number of hydrogen-bond acceptors (Lipinski definition) is 6. The number of aromatic nitrogens is 1. The van der Waals surface area contributed by atoms with Crippen molar-refractivity contribution in [1.82, 2.24) is 4.98 Å². The topological polar surface area (TPSA) is 111 Å². The summed E-state index contributed by atoms with van der Waals surface area (Å²) in [5.41, 5.74) is 2.62. The summed E-state index contributed by atoms with van der Waals surface area (Å²) in [7, 11) is -2.73. The minimum absolute atomic E-state index is 0.273. The molecule has 0 unspecified atom stereocenters. The molecule has 9 heteroatoms. The van der Waals surface area contributed by atoms with Crippen LogP contribution in [0, 0.1) is 13.8 Å². The molecule has 0 aliphatic rings. The van der Waals surface area contributed by atoms with E-state index in [1.165, 1.54) is 0 Å². The maximum Gasteiger partial charge on any atom is 0.488 e. The Kier molecular flexibility index (Phi) is 11.8. The lowest BCUT2D eigenvalue weighted by Gasteiger charge is -2.01. The van der Waals surface area contributed by atoms with Crippen molar-refractivity contribution in [2.75, 3.05) is 0 Å². The molecule has 6 nitrogen and oxygen atoms in total. The van der Waals surface area contributed by atoms with E-state index in [4.69, 9.17) is 31.7 Å². The second kappa shape index (κ2) is 12.6. The summed E-state index contributed by atoms with van der Waals surface area (Å²) in [5.74, 6) is 0. The van der Waals surface area contributed by atoms with E-state index in [0.717, 1.165) is 11.4 Å². The highest BCUT2D eigenvalue weighted by Gasteiger charge is 2.11. The molecule has 0 aliphatic carbocycles. The summed E-state index contributed by atoms with van der Waals surface area (Å²) in [4.78, 5) is 13.7. The Balaban J connectivity index is 0.000000372. The fourth-order valence-electron chi connectivity index (χ4n) is 1.64. The van der Waals surface area contributed by atoms with Crippen LogP contribution in [0.15, 0.2) is 42.5 Å². The molecule has 1 aromatic heterocycles. The van der Waals surface area contributed by atoms with Crippen LogP contribution in [0.3, 0.4) is 0 Å². The van der Waals surface area contributed by atoms with Gasteiger partial charge >= 0.3 is 14.2 Å². The third-order valence-corrected chi connectivity index (χ3v) is 3.04. The van der Waals surface area contributed by atoms with Crippen LogP contribution in [-0.4, -0.2) is 44.6 Å². The van der Waals surface area contributed by atoms with Crippen LogP contribution in [0.1, 0.15) is 24.7 Å². The van der Waals surface area contributed by atoms with Gasteiger partial charge in [0.15, 0.2) is 0 Å². The standard InChI is InChI=1S/C7H10BNO2.C6H7BO2.C3H5ClO/c1-5-3-7(8(10)11)4-6(2)9-5;8-7(9)6-4-2-1-3-5-6;1-2-3(4)5/h3-4,10-11H,1-2H3;1-5,8-9H;2H2,1H3. The van der Waals surface area contributed by atoms with Crippen LogP contribution < -0.4 is 10.9 Å². The van der Waals surface area contributed by atoms with Gasteiger partial charge in [-0.05, 0) is 48.5 Å². The minimum atomic E-state index is -1.39. The zero-order chi connectivity index (χ0) is 19.4. The van der Waals surface area contributed by atoms with E-state index >= 15 is 0 Å². The van der Waals surface area contributed by atoms with E-state index in [1.54, 1.807) is 43.3 Å². The van der Waals surface area contributed by atoms with E-state index < -0.39 is 14.2 Å². The number of nitrogens with zero attached hydrogens (tertiary/aromatic N) is 1. The maximum absolute atomic E-state index is 9.58. The molecule has 0 fully saturated rings. The Morgan fingerprint density at radius 3 is 1.64 bits per heavy atom. The molecule has 1 heterocycles. The lowest BCUT2D eigenvalue weighted by Crippen LogP contribution is -2.30. The second-order valence-corrected chi connectivity index (χ2v) is 5.47. The number of benzene rings is 1. The van der Waals surface area contributed by atoms with E-state index in [-0.39, 0.29) is 5.24 Å². The molecule has 1 aromatic carbocycles. The fourth-order valence-corrected chi connectivity index (χ4v) is 1.64. The van der Waals surface area contributed by atoms with E-state index in [2.05, 4.69) is 4.98 Å². The van der Waals surface area contributed by atoms with Crippen LogP contribution in [0.2, 0.25) is 0 Å². The molecule has 0 saturated heterocycles. The van der Waals surface area contributed by atoms with Gasteiger partial charge in [0.2, 0.25) is 5.24 Å². The van der Waals surface area contributed by atoms with Gasteiger partial charge in [-0.1, -0.05) is 37.3 Å². The smallest absolute Gasteiger partial charge is 0.423 e. The molecular formula is C16H22B2ClNO5. The van der Waals surface area contributed by atoms with Gasteiger partial charge in [0.05, 0.1) is 0 Å². The molecule has 0 saturated carbocycles. The van der Waals surface area contributed by atoms with Crippen LogP contribution >= 0.6 is 11.6 Å². The number of aryl methyl sites for hydroxylation is 2. The van der Waals surface area contributed by atoms with E-state index in [0.29, 0.717) is 17.3 Å². The average Bonchev–Trinajstić information content (AvgIpc) is 2.55. The number of halogens is 1. The fraction of sp³-hybridized carbons (Fsp3) is 0.250. The third-order valence-electron chi connectivity index (χ3n) is 2.78. The predicted molar refractivity (Wildman–Crippen MR) is 101 cm³/mol. The SMILES string of the molecule is CCC(=O)Cl.Cc1cc(B(O)O)cc(C)n1.OB(O)c1ccccc1. The molecule has 0 radical (unpaired) electrons. The van der Waals surface area contributed by atoms with Gasteiger partial charge in [0.1, 0.15) is 0 Å². The molecule has 0 amide bonds. The Hall–Kier alpha value is -1.70. The summed E-state index contributed by atoms with van der Waals surface area (Å²) in [6, 6.07) is 12.0.